The van der Waals surface area contributed by atoms with E-state index < -0.39 is 20.7 Å². The summed E-state index contributed by atoms with van der Waals surface area (Å²) in [5, 5.41) is -0.442. The molecular weight excluding hydrogens is 314 g/mol. The number of benzene rings is 1. The second kappa shape index (κ2) is 6.51. The van der Waals surface area contributed by atoms with E-state index in [-0.39, 0.29) is 6.09 Å². The molecule has 0 bridgehead atoms. The van der Waals surface area contributed by atoms with Crippen molar-refractivity contribution in [2.45, 2.75) is 56.3 Å². The van der Waals surface area contributed by atoms with Crippen LogP contribution in [0.25, 0.3) is 0 Å². The Morgan fingerprint density at radius 3 is 2.35 bits per heavy atom. The van der Waals surface area contributed by atoms with Crippen molar-refractivity contribution in [3.8, 4) is 0 Å². The third-order valence-electron chi connectivity index (χ3n) is 3.85. The number of ether oxygens (including phenoxy) is 1. The van der Waals surface area contributed by atoms with Gasteiger partial charge < -0.3 is 9.64 Å². The fourth-order valence-corrected chi connectivity index (χ4v) is 4.49. The molecule has 1 amide bonds. The van der Waals surface area contributed by atoms with Crippen molar-refractivity contribution in [2.75, 3.05) is 13.1 Å². The summed E-state index contributed by atoms with van der Waals surface area (Å²) < 4.78 is 30.8. The number of sulfone groups is 1. The van der Waals surface area contributed by atoms with Gasteiger partial charge in [-0.15, -0.1) is 0 Å². The Morgan fingerprint density at radius 2 is 1.83 bits per heavy atom. The van der Waals surface area contributed by atoms with E-state index in [4.69, 9.17) is 4.74 Å². The highest BCUT2D eigenvalue weighted by atomic mass is 32.2. The first kappa shape index (κ1) is 17.8. The minimum Gasteiger partial charge on any atom is -0.444 e. The van der Waals surface area contributed by atoms with Crippen molar-refractivity contribution in [1.29, 1.82) is 0 Å². The third-order valence-corrected chi connectivity index (χ3v) is 6.11. The van der Waals surface area contributed by atoms with Crippen molar-refractivity contribution in [2.24, 2.45) is 0 Å². The molecule has 0 aliphatic carbocycles. The summed E-state index contributed by atoms with van der Waals surface area (Å²) in [6, 6.07) is 6.99. The van der Waals surface area contributed by atoms with Crippen LogP contribution < -0.4 is 0 Å². The number of carbonyl (C=O) groups is 1. The monoisotopic (exact) mass is 339 g/mol. The van der Waals surface area contributed by atoms with Crippen LogP contribution in [-0.4, -0.2) is 43.4 Å². The lowest BCUT2D eigenvalue weighted by Gasteiger charge is -2.33. The van der Waals surface area contributed by atoms with Gasteiger partial charge in [-0.2, -0.15) is 0 Å². The van der Waals surface area contributed by atoms with Gasteiger partial charge in [0.2, 0.25) is 0 Å². The molecule has 1 aliphatic rings. The zero-order chi connectivity index (χ0) is 17.3. The molecule has 128 valence electrons. The molecule has 0 spiro atoms. The van der Waals surface area contributed by atoms with Crippen LogP contribution in [0.4, 0.5) is 4.79 Å². The normalized spacial score (nSPS) is 17.1. The quantitative estimate of drug-likeness (QED) is 0.830. The zero-order valence-corrected chi connectivity index (χ0v) is 15.0. The maximum absolute atomic E-state index is 12.7. The SMILES string of the molecule is Cc1cccc(S(=O)(=O)C2CCN(C(=O)OC(C)(C)C)CC2)c1. The van der Waals surface area contributed by atoms with E-state index in [1.54, 1.807) is 23.1 Å². The number of carbonyl (C=O) groups excluding carboxylic acids is 1. The molecule has 0 N–H and O–H groups in total. The van der Waals surface area contributed by atoms with Crippen LogP contribution in [0.5, 0.6) is 0 Å². The molecule has 0 aromatic heterocycles. The van der Waals surface area contributed by atoms with Crippen LogP contribution in [0.3, 0.4) is 0 Å². The van der Waals surface area contributed by atoms with Gasteiger partial charge in [0.05, 0.1) is 10.1 Å². The number of likely N-dealkylation sites (tertiary alicyclic amines) is 1. The van der Waals surface area contributed by atoms with Gasteiger partial charge in [0.1, 0.15) is 5.60 Å². The second-order valence-electron chi connectivity index (χ2n) is 7.03. The first-order valence-electron chi connectivity index (χ1n) is 7.88. The Morgan fingerprint density at radius 1 is 1.22 bits per heavy atom. The minimum atomic E-state index is -3.35. The van der Waals surface area contributed by atoms with Gasteiger partial charge in [0.15, 0.2) is 9.84 Å². The highest BCUT2D eigenvalue weighted by molar-refractivity contribution is 7.92. The van der Waals surface area contributed by atoms with E-state index in [1.807, 2.05) is 33.8 Å². The van der Waals surface area contributed by atoms with Gasteiger partial charge in [0, 0.05) is 13.1 Å². The highest BCUT2D eigenvalue weighted by Crippen LogP contribution is 2.26. The van der Waals surface area contributed by atoms with E-state index in [0.717, 1.165) is 5.56 Å². The molecule has 0 unspecified atom stereocenters. The van der Waals surface area contributed by atoms with Gasteiger partial charge in [-0.05, 0) is 58.2 Å². The van der Waals surface area contributed by atoms with Gasteiger partial charge in [-0.25, -0.2) is 13.2 Å². The maximum atomic E-state index is 12.7. The third kappa shape index (κ3) is 4.47. The lowest BCUT2D eigenvalue weighted by Crippen LogP contribution is -2.44. The predicted octanol–water partition coefficient (Wildman–Crippen LogP) is 3.17. The molecule has 1 aromatic rings. The largest absolute Gasteiger partial charge is 0.444 e. The zero-order valence-electron chi connectivity index (χ0n) is 14.2. The van der Waals surface area contributed by atoms with Crippen LogP contribution in [0.1, 0.15) is 39.2 Å². The molecule has 0 saturated carbocycles. The summed E-state index contributed by atoms with van der Waals surface area (Å²) in [5.41, 5.74) is 0.388. The van der Waals surface area contributed by atoms with Crippen LogP contribution >= 0.6 is 0 Å². The molecular formula is C17H25NO4S. The van der Waals surface area contributed by atoms with Gasteiger partial charge in [0.25, 0.3) is 0 Å². The molecule has 1 fully saturated rings. The topological polar surface area (TPSA) is 63.7 Å². The van der Waals surface area contributed by atoms with Crippen molar-refractivity contribution < 1.29 is 17.9 Å². The van der Waals surface area contributed by atoms with Crippen molar-refractivity contribution in [1.82, 2.24) is 4.90 Å². The summed E-state index contributed by atoms with van der Waals surface area (Å²) in [7, 11) is -3.35. The fraction of sp³-hybridized carbons (Fsp3) is 0.588. The smallest absolute Gasteiger partial charge is 0.410 e. The molecule has 1 aliphatic heterocycles. The summed E-state index contributed by atoms with van der Waals surface area (Å²) in [6.07, 6.45) is 0.509. The summed E-state index contributed by atoms with van der Waals surface area (Å²) in [4.78, 5) is 14.0. The average molecular weight is 339 g/mol. The summed E-state index contributed by atoms with van der Waals surface area (Å²) >= 11 is 0. The number of amides is 1. The number of aryl methyl sites for hydroxylation is 1. The number of piperidine rings is 1. The molecule has 5 nitrogen and oxygen atoms in total. The van der Waals surface area contributed by atoms with E-state index in [2.05, 4.69) is 0 Å². The number of hydrogen-bond acceptors (Lipinski definition) is 4. The van der Waals surface area contributed by atoms with E-state index in [9.17, 15) is 13.2 Å². The van der Waals surface area contributed by atoms with Crippen molar-refractivity contribution >= 4 is 15.9 Å². The Balaban J connectivity index is 2.03. The van der Waals surface area contributed by atoms with Crippen LogP contribution in [0.2, 0.25) is 0 Å². The molecule has 6 heteroatoms. The first-order valence-corrected chi connectivity index (χ1v) is 9.43. The molecule has 23 heavy (non-hydrogen) atoms. The minimum absolute atomic E-state index is 0.369. The van der Waals surface area contributed by atoms with Crippen molar-refractivity contribution in [3.05, 3.63) is 29.8 Å². The molecule has 1 saturated heterocycles. The Bertz CT molecular complexity index is 668. The van der Waals surface area contributed by atoms with Crippen molar-refractivity contribution in [3.63, 3.8) is 0 Å². The summed E-state index contributed by atoms with van der Waals surface area (Å²) in [5.74, 6) is 0. The lowest BCUT2D eigenvalue weighted by molar-refractivity contribution is 0.0217. The summed E-state index contributed by atoms with van der Waals surface area (Å²) in [6.45, 7) is 8.15. The average Bonchev–Trinajstić information content (AvgIpc) is 2.45. The fourth-order valence-electron chi connectivity index (χ4n) is 2.66. The number of nitrogens with zero attached hydrogens (tertiary/aromatic N) is 1. The Kier molecular flexibility index (Phi) is 5.04. The second-order valence-corrected chi connectivity index (χ2v) is 9.26. The van der Waals surface area contributed by atoms with E-state index >= 15 is 0 Å². The molecule has 0 radical (unpaired) electrons. The van der Waals surface area contributed by atoms with E-state index in [1.165, 1.54) is 0 Å². The van der Waals surface area contributed by atoms with Crippen LogP contribution in [0.15, 0.2) is 29.2 Å². The van der Waals surface area contributed by atoms with Crippen LogP contribution in [0, 0.1) is 6.92 Å². The molecule has 1 heterocycles. The van der Waals surface area contributed by atoms with Gasteiger partial charge >= 0.3 is 6.09 Å². The van der Waals surface area contributed by atoms with Gasteiger partial charge in [-0.3, -0.25) is 0 Å². The Hall–Kier alpha value is -1.56. The molecule has 2 rings (SSSR count). The molecule has 1 aromatic carbocycles. The van der Waals surface area contributed by atoms with Crippen LogP contribution in [-0.2, 0) is 14.6 Å². The molecule has 0 atom stereocenters. The van der Waals surface area contributed by atoms with Gasteiger partial charge in [-0.1, -0.05) is 12.1 Å². The highest BCUT2D eigenvalue weighted by Gasteiger charge is 2.34. The Labute approximate surface area is 138 Å². The predicted molar refractivity (Wildman–Crippen MR) is 89.2 cm³/mol. The number of hydrogen-bond donors (Lipinski definition) is 0. The number of rotatable bonds is 2. The van der Waals surface area contributed by atoms with E-state index in [0.29, 0.717) is 30.8 Å². The maximum Gasteiger partial charge on any atom is 0.410 e. The first-order chi connectivity index (χ1) is 10.6. The lowest BCUT2D eigenvalue weighted by atomic mass is 10.1. The standard InChI is InChI=1S/C17H25NO4S/c1-13-6-5-7-15(12-13)23(20,21)14-8-10-18(11-9-14)16(19)22-17(2,3)4/h5-7,12,14H,8-11H2,1-4H3.